The number of hydrogen-bond donors (Lipinski definition) is 1. The lowest BCUT2D eigenvalue weighted by Gasteiger charge is -1.97. The lowest BCUT2D eigenvalue weighted by atomic mass is 10.3. The summed E-state index contributed by atoms with van der Waals surface area (Å²) in [6.45, 7) is 8.05. The summed E-state index contributed by atoms with van der Waals surface area (Å²) in [5.74, 6) is 0. The van der Waals surface area contributed by atoms with Gasteiger partial charge in [-0.15, -0.1) is 11.3 Å². The van der Waals surface area contributed by atoms with Crippen molar-refractivity contribution in [3.8, 4) is 10.7 Å². The highest BCUT2D eigenvalue weighted by Crippen LogP contribution is 2.26. The van der Waals surface area contributed by atoms with Gasteiger partial charge < -0.3 is 5.32 Å². The molecule has 2 aromatic rings. The minimum absolute atomic E-state index is 0.895. The first kappa shape index (κ1) is 12.2. The van der Waals surface area contributed by atoms with E-state index in [9.17, 15) is 0 Å². The molecule has 17 heavy (non-hydrogen) atoms. The van der Waals surface area contributed by atoms with Crippen molar-refractivity contribution in [2.24, 2.45) is 0 Å². The van der Waals surface area contributed by atoms with Crippen LogP contribution in [-0.4, -0.2) is 16.5 Å². The number of pyridine rings is 1. The van der Waals surface area contributed by atoms with E-state index in [2.05, 4.69) is 29.1 Å². The number of nitrogens with one attached hydrogen (secondary N) is 1. The van der Waals surface area contributed by atoms with Crippen LogP contribution in [0.5, 0.6) is 0 Å². The Bertz CT molecular complexity index is 505. The second kappa shape index (κ2) is 5.38. The molecule has 0 aliphatic heterocycles. The summed E-state index contributed by atoms with van der Waals surface area (Å²) >= 11 is 1.73. The zero-order valence-corrected chi connectivity index (χ0v) is 11.3. The fourth-order valence-corrected chi connectivity index (χ4v) is 2.60. The Kier molecular flexibility index (Phi) is 3.86. The van der Waals surface area contributed by atoms with Gasteiger partial charge in [0.15, 0.2) is 0 Å². The van der Waals surface area contributed by atoms with Crippen LogP contribution in [-0.2, 0) is 6.54 Å². The molecule has 3 nitrogen and oxygen atoms in total. The zero-order valence-electron chi connectivity index (χ0n) is 10.4. The van der Waals surface area contributed by atoms with Gasteiger partial charge in [-0.1, -0.05) is 13.0 Å². The maximum atomic E-state index is 4.59. The van der Waals surface area contributed by atoms with Crippen LogP contribution in [0.2, 0.25) is 0 Å². The Morgan fingerprint density at radius 3 is 2.76 bits per heavy atom. The smallest absolute Gasteiger partial charge is 0.142 e. The van der Waals surface area contributed by atoms with Gasteiger partial charge in [-0.3, -0.25) is 4.98 Å². The van der Waals surface area contributed by atoms with Crippen LogP contribution in [0.25, 0.3) is 10.7 Å². The van der Waals surface area contributed by atoms with Gasteiger partial charge in [0.1, 0.15) is 5.01 Å². The van der Waals surface area contributed by atoms with Crippen molar-refractivity contribution in [3.63, 3.8) is 0 Å². The summed E-state index contributed by atoms with van der Waals surface area (Å²) in [4.78, 5) is 10.4. The van der Waals surface area contributed by atoms with E-state index in [-0.39, 0.29) is 0 Å². The molecule has 0 atom stereocenters. The summed E-state index contributed by atoms with van der Waals surface area (Å²) < 4.78 is 0. The Morgan fingerprint density at radius 1 is 1.24 bits per heavy atom. The predicted octanol–water partition coefficient (Wildman–Crippen LogP) is 2.93. The molecule has 0 aliphatic carbocycles. The van der Waals surface area contributed by atoms with Crippen molar-refractivity contribution >= 4 is 11.3 Å². The number of rotatable bonds is 4. The van der Waals surface area contributed by atoms with Crippen LogP contribution in [0.15, 0.2) is 18.2 Å². The normalized spacial score (nSPS) is 10.8. The monoisotopic (exact) mass is 247 g/mol. The van der Waals surface area contributed by atoms with Gasteiger partial charge in [0.05, 0.1) is 11.4 Å². The van der Waals surface area contributed by atoms with Gasteiger partial charge in [0.25, 0.3) is 0 Å². The van der Waals surface area contributed by atoms with Crippen molar-refractivity contribution in [2.45, 2.75) is 27.3 Å². The van der Waals surface area contributed by atoms with E-state index >= 15 is 0 Å². The summed E-state index contributed by atoms with van der Waals surface area (Å²) in [6.07, 6.45) is 0. The van der Waals surface area contributed by atoms with Crippen molar-refractivity contribution in [2.75, 3.05) is 6.54 Å². The molecule has 0 fully saturated rings. The molecule has 2 heterocycles. The third-order valence-electron chi connectivity index (χ3n) is 2.54. The molecule has 0 saturated carbocycles. The lowest BCUT2D eigenvalue weighted by Crippen LogP contribution is -2.11. The summed E-state index contributed by atoms with van der Waals surface area (Å²) in [6, 6.07) is 6.05. The molecule has 0 radical (unpaired) electrons. The highest BCUT2D eigenvalue weighted by molar-refractivity contribution is 7.15. The number of thiazole rings is 1. The highest BCUT2D eigenvalue weighted by atomic mass is 32.1. The second-order valence-electron chi connectivity index (χ2n) is 3.97. The van der Waals surface area contributed by atoms with E-state index < -0.39 is 0 Å². The van der Waals surface area contributed by atoms with E-state index in [0.29, 0.717) is 0 Å². The molecule has 2 aromatic heterocycles. The van der Waals surface area contributed by atoms with Gasteiger partial charge in [0, 0.05) is 17.1 Å². The van der Waals surface area contributed by atoms with Crippen LogP contribution in [0.3, 0.4) is 0 Å². The summed E-state index contributed by atoms with van der Waals surface area (Å²) in [7, 11) is 0. The van der Waals surface area contributed by atoms with Gasteiger partial charge in [-0.2, -0.15) is 0 Å². The van der Waals surface area contributed by atoms with Crippen LogP contribution < -0.4 is 5.32 Å². The van der Waals surface area contributed by atoms with E-state index in [1.54, 1.807) is 11.3 Å². The first-order chi connectivity index (χ1) is 8.20. The number of hydrogen-bond acceptors (Lipinski definition) is 4. The molecule has 0 bridgehead atoms. The highest BCUT2D eigenvalue weighted by Gasteiger charge is 2.09. The van der Waals surface area contributed by atoms with E-state index in [1.807, 2.05) is 25.1 Å². The molecule has 0 amide bonds. The van der Waals surface area contributed by atoms with Crippen LogP contribution in [0.4, 0.5) is 0 Å². The maximum Gasteiger partial charge on any atom is 0.142 e. The number of nitrogens with zero attached hydrogens (tertiary/aromatic N) is 2. The quantitative estimate of drug-likeness (QED) is 0.902. The molecule has 0 unspecified atom stereocenters. The number of aryl methyl sites for hydroxylation is 2. The van der Waals surface area contributed by atoms with E-state index in [4.69, 9.17) is 0 Å². The minimum Gasteiger partial charge on any atom is -0.312 e. The molecule has 1 N–H and O–H groups in total. The third-order valence-corrected chi connectivity index (χ3v) is 3.72. The topological polar surface area (TPSA) is 37.8 Å². The molecule has 2 rings (SSSR count). The Morgan fingerprint density at radius 2 is 2.06 bits per heavy atom. The molecule has 0 saturated heterocycles. The standard InChI is InChI=1S/C13H17N3S/c1-4-14-8-12-10(3)16-13(17-12)11-7-5-6-9(2)15-11/h5-7,14H,4,8H2,1-3H3. The van der Waals surface area contributed by atoms with E-state index in [1.165, 1.54) is 4.88 Å². The zero-order chi connectivity index (χ0) is 12.3. The van der Waals surface area contributed by atoms with Gasteiger partial charge >= 0.3 is 0 Å². The van der Waals surface area contributed by atoms with Crippen LogP contribution in [0, 0.1) is 13.8 Å². The fraction of sp³-hybridized carbons (Fsp3) is 0.385. The Labute approximate surface area is 106 Å². The third kappa shape index (κ3) is 2.90. The van der Waals surface area contributed by atoms with Crippen molar-refractivity contribution in [1.29, 1.82) is 0 Å². The Balaban J connectivity index is 2.28. The van der Waals surface area contributed by atoms with Crippen LogP contribution >= 0.6 is 11.3 Å². The molecular formula is C13H17N3S. The fourth-order valence-electron chi connectivity index (χ4n) is 1.60. The lowest BCUT2D eigenvalue weighted by molar-refractivity contribution is 0.731. The SMILES string of the molecule is CCNCc1sc(-c2cccc(C)n2)nc1C. The largest absolute Gasteiger partial charge is 0.312 e. The maximum absolute atomic E-state index is 4.59. The minimum atomic E-state index is 0.895. The van der Waals surface area contributed by atoms with Crippen molar-refractivity contribution in [1.82, 2.24) is 15.3 Å². The predicted molar refractivity (Wildman–Crippen MR) is 72.2 cm³/mol. The molecule has 0 aliphatic rings. The molecule has 90 valence electrons. The molecule has 0 aromatic carbocycles. The van der Waals surface area contributed by atoms with Crippen molar-refractivity contribution < 1.29 is 0 Å². The first-order valence-electron chi connectivity index (χ1n) is 5.81. The average molecular weight is 247 g/mol. The molecule has 4 heteroatoms. The molecule has 0 spiro atoms. The van der Waals surface area contributed by atoms with Gasteiger partial charge in [0.2, 0.25) is 0 Å². The van der Waals surface area contributed by atoms with Crippen LogP contribution in [0.1, 0.15) is 23.2 Å². The second-order valence-corrected chi connectivity index (χ2v) is 5.06. The van der Waals surface area contributed by atoms with Gasteiger partial charge in [-0.05, 0) is 32.5 Å². The number of aromatic nitrogens is 2. The first-order valence-corrected chi connectivity index (χ1v) is 6.63. The molecular weight excluding hydrogens is 230 g/mol. The van der Waals surface area contributed by atoms with Gasteiger partial charge in [-0.25, -0.2) is 4.98 Å². The Hall–Kier alpha value is -1.26. The average Bonchev–Trinajstić information content (AvgIpc) is 2.68. The summed E-state index contributed by atoms with van der Waals surface area (Å²) in [5, 5.41) is 4.34. The van der Waals surface area contributed by atoms with E-state index in [0.717, 1.165) is 35.2 Å². The summed E-state index contributed by atoms with van der Waals surface area (Å²) in [5.41, 5.74) is 3.11. The van der Waals surface area contributed by atoms with Crippen molar-refractivity contribution in [3.05, 3.63) is 34.5 Å².